The number of nitrogens with zero attached hydrogens (tertiary/aromatic N) is 4. The van der Waals surface area contributed by atoms with Crippen LogP contribution < -0.4 is 5.32 Å². The minimum atomic E-state index is -0.262. The first-order chi connectivity index (χ1) is 13.0. The Balaban J connectivity index is 1.87. The molecule has 0 saturated heterocycles. The van der Waals surface area contributed by atoms with Gasteiger partial charge < -0.3 is 5.32 Å². The number of rotatable bonds is 5. The Morgan fingerprint density at radius 3 is 2.74 bits per heavy atom. The maximum Gasteiger partial charge on any atom is 0.260 e. The second-order valence-corrected chi connectivity index (χ2v) is 6.15. The molecule has 3 heterocycles. The van der Waals surface area contributed by atoms with Crippen LogP contribution in [0.1, 0.15) is 32.9 Å². The number of aromatic nitrogens is 4. The Bertz CT molecular complexity index is 1030. The van der Waals surface area contributed by atoms with Crippen LogP contribution in [0.5, 0.6) is 0 Å². The van der Waals surface area contributed by atoms with E-state index in [0.29, 0.717) is 22.9 Å². The van der Waals surface area contributed by atoms with Crippen LogP contribution in [0.3, 0.4) is 0 Å². The number of carbonyl (C=O) groups excluding carboxylic acids is 1. The second-order valence-electron chi connectivity index (χ2n) is 6.15. The minimum Gasteiger partial charge on any atom is -0.306 e. The summed E-state index contributed by atoms with van der Waals surface area (Å²) in [7, 11) is 0. The van der Waals surface area contributed by atoms with Gasteiger partial charge in [-0.1, -0.05) is 30.9 Å². The molecule has 136 valence electrons. The highest BCUT2D eigenvalue weighted by atomic mass is 16.1. The Kier molecular flexibility index (Phi) is 5.26. The zero-order chi connectivity index (χ0) is 19.4. The molecule has 0 aliphatic rings. The largest absolute Gasteiger partial charge is 0.306 e. The van der Waals surface area contributed by atoms with Crippen molar-refractivity contribution < 1.29 is 4.79 Å². The fourth-order valence-electron chi connectivity index (χ4n) is 2.67. The third-order valence-corrected chi connectivity index (χ3v) is 4.20. The summed E-state index contributed by atoms with van der Waals surface area (Å²) in [6.07, 6.45) is 8.60. The van der Waals surface area contributed by atoms with Gasteiger partial charge in [-0.05, 0) is 50.1 Å². The van der Waals surface area contributed by atoms with E-state index in [4.69, 9.17) is 0 Å². The molecule has 0 radical (unpaired) electrons. The van der Waals surface area contributed by atoms with Crippen molar-refractivity contribution in [2.45, 2.75) is 20.8 Å². The molecule has 0 aliphatic carbocycles. The summed E-state index contributed by atoms with van der Waals surface area (Å²) in [6.45, 7) is 9.42. The molecule has 0 saturated carbocycles. The average molecular weight is 359 g/mol. The van der Waals surface area contributed by atoms with Crippen LogP contribution >= 0.6 is 0 Å². The Morgan fingerprint density at radius 2 is 2.00 bits per heavy atom. The van der Waals surface area contributed by atoms with Gasteiger partial charge in [-0.2, -0.15) is 5.10 Å². The van der Waals surface area contributed by atoms with Gasteiger partial charge >= 0.3 is 0 Å². The molecule has 3 aromatic heterocycles. The zero-order valence-electron chi connectivity index (χ0n) is 15.6. The first-order valence-corrected chi connectivity index (χ1v) is 8.56. The van der Waals surface area contributed by atoms with E-state index in [1.54, 1.807) is 29.2 Å². The summed E-state index contributed by atoms with van der Waals surface area (Å²) in [5.74, 6) is 0.928. The zero-order valence-corrected chi connectivity index (χ0v) is 15.6. The molecular weight excluding hydrogens is 338 g/mol. The monoisotopic (exact) mass is 359 g/mol. The molecule has 1 amide bonds. The van der Waals surface area contributed by atoms with Crippen LogP contribution in [0.15, 0.2) is 55.4 Å². The molecule has 0 bridgehead atoms. The maximum atomic E-state index is 12.7. The van der Waals surface area contributed by atoms with Crippen molar-refractivity contribution >= 4 is 17.8 Å². The normalized spacial score (nSPS) is 10.9. The average Bonchev–Trinajstić information content (AvgIpc) is 3.04. The molecule has 0 unspecified atom stereocenters. The number of anilines is 1. The maximum absolute atomic E-state index is 12.7. The van der Waals surface area contributed by atoms with Crippen LogP contribution in [-0.4, -0.2) is 25.7 Å². The highest BCUT2D eigenvalue weighted by Gasteiger charge is 2.17. The molecule has 0 aliphatic heterocycles. The Morgan fingerprint density at radius 1 is 1.19 bits per heavy atom. The van der Waals surface area contributed by atoms with Crippen molar-refractivity contribution in [3.8, 4) is 5.82 Å². The van der Waals surface area contributed by atoms with E-state index in [-0.39, 0.29) is 5.91 Å². The summed E-state index contributed by atoms with van der Waals surface area (Å²) in [5, 5.41) is 7.17. The molecule has 6 heteroatoms. The molecular formula is C21H21N5O. The van der Waals surface area contributed by atoms with Gasteiger partial charge in [-0.3, -0.25) is 4.79 Å². The smallest absolute Gasteiger partial charge is 0.260 e. The molecule has 0 spiro atoms. The van der Waals surface area contributed by atoms with E-state index < -0.39 is 0 Å². The Labute approximate surface area is 158 Å². The standard InChI is InChI=1S/C21H21N5O/c1-5-6-9-18-14(2)10-11-19(24-18)25-21(27)17-13-23-26(16(17)4)20-15(3)8-7-12-22-20/h5-13H,1H2,2-4H3,(H,24,25,27)/b9-6-. The molecule has 0 atom stereocenters. The first kappa shape index (κ1) is 18.3. The number of carbonyl (C=O) groups is 1. The van der Waals surface area contributed by atoms with Crippen molar-refractivity contribution in [2.24, 2.45) is 0 Å². The Hall–Kier alpha value is -3.54. The highest BCUT2D eigenvalue weighted by Crippen LogP contribution is 2.17. The van der Waals surface area contributed by atoms with Crippen LogP contribution in [0.25, 0.3) is 11.9 Å². The summed E-state index contributed by atoms with van der Waals surface area (Å²) < 4.78 is 1.67. The number of allylic oxidation sites excluding steroid dienone is 2. The molecule has 0 fully saturated rings. The van der Waals surface area contributed by atoms with Gasteiger partial charge in [0.05, 0.1) is 23.1 Å². The van der Waals surface area contributed by atoms with Gasteiger partial charge in [-0.25, -0.2) is 14.6 Å². The highest BCUT2D eigenvalue weighted by molar-refractivity contribution is 6.04. The van der Waals surface area contributed by atoms with E-state index in [1.165, 1.54) is 0 Å². The van der Waals surface area contributed by atoms with Crippen LogP contribution in [0, 0.1) is 20.8 Å². The minimum absolute atomic E-state index is 0.262. The van der Waals surface area contributed by atoms with Gasteiger partial charge in [0.25, 0.3) is 5.91 Å². The summed E-state index contributed by atoms with van der Waals surface area (Å²) in [5.41, 5.74) is 3.97. The first-order valence-electron chi connectivity index (χ1n) is 8.56. The predicted octanol–water partition coefficient (Wildman–Crippen LogP) is 4.04. The van der Waals surface area contributed by atoms with Crippen LogP contribution in [0.2, 0.25) is 0 Å². The lowest BCUT2D eigenvalue weighted by Crippen LogP contribution is -2.14. The van der Waals surface area contributed by atoms with Crippen molar-refractivity contribution in [3.05, 3.63) is 83.5 Å². The van der Waals surface area contributed by atoms with Gasteiger partial charge in [0.2, 0.25) is 0 Å². The van der Waals surface area contributed by atoms with Crippen molar-refractivity contribution in [1.82, 2.24) is 19.7 Å². The molecule has 27 heavy (non-hydrogen) atoms. The summed E-state index contributed by atoms with van der Waals surface area (Å²) in [4.78, 5) is 21.6. The number of aryl methyl sites for hydroxylation is 2. The lowest BCUT2D eigenvalue weighted by atomic mass is 10.2. The van der Waals surface area contributed by atoms with E-state index in [1.807, 2.05) is 51.1 Å². The number of hydrogen-bond acceptors (Lipinski definition) is 4. The molecule has 6 nitrogen and oxygen atoms in total. The SMILES string of the molecule is C=C/C=C\c1nc(NC(=O)c2cnn(-c3ncccc3C)c2C)ccc1C. The number of hydrogen-bond donors (Lipinski definition) is 1. The topological polar surface area (TPSA) is 72.7 Å². The molecule has 3 aromatic rings. The van der Waals surface area contributed by atoms with E-state index in [9.17, 15) is 4.79 Å². The molecule has 1 N–H and O–H groups in total. The second kappa shape index (κ2) is 7.78. The van der Waals surface area contributed by atoms with E-state index in [0.717, 1.165) is 16.8 Å². The van der Waals surface area contributed by atoms with E-state index >= 15 is 0 Å². The predicted molar refractivity (Wildman–Crippen MR) is 107 cm³/mol. The molecule has 3 rings (SSSR count). The fraction of sp³-hybridized carbons (Fsp3) is 0.143. The quantitative estimate of drug-likeness (QED) is 0.698. The van der Waals surface area contributed by atoms with Gasteiger partial charge in [0.15, 0.2) is 5.82 Å². The van der Waals surface area contributed by atoms with Gasteiger partial charge in [0, 0.05) is 6.20 Å². The third kappa shape index (κ3) is 3.84. The number of amides is 1. The molecule has 0 aromatic carbocycles. The van der Waals surface area contributed by atoms with Crippen LogP contribution in [0.4, 0.5) is 5.82 Å². The van der Waals surface area contributed by atoms with Gasteiger partial charge in [0.1, 0.15) is 5.82 Å². The van der Waals surface area contributed by atoms with Gasteiger partial charge in [-0.15, -0.1) is 0 Å². The van der Waals surface area contributed by atoms with Crippen LogP contribution in [-0.2, 0) is 0 Å². The third-order valence-electron chi connectivity index (χ3n) is 4.20. The van der Waals surface area contributed by atoms with Crippen molar-refractivity contribution in [2.75, 3.05) is 5.32 Å². The van der Waals surface area contributed by atoms with Crippen molar-refractivity contribution in [3.63, 3.8) is 0 Å². The van der Waals surface area contributed by atoms with Crippen molar-refractivity contribution in [1.29, 1.82) is 0 Å². The number of pyridine rings is 2. The summed E-state index contributed by atoms with van der Waals surface area (Å²) in [6, 6.07) is 7.52. The lowest BCUT2D eigenvalue weighted by Gasteiger charge is -2.08. The lowest BCUT2D eigenvalue weighted by molar-refractivity contribution is 0.102. The fourth-order valence-corrected chi connectivity index (χ4v) is 2.67. The number of nitrogens with one attached hydrogen (secondary N) is 1. The summed E-state index contributed by atoms with van der Waals surface area (Å²) >= 11 is 0. The van der Waals surface area contributed by atoms with E-state index in [2.05, 4.69) is 27.0 Å².